The lowest BCUT2D eigenvalue weighted by atomic mass is 10.0. The summed E-state index contributed by atoms with van der Waals surface area (Å²) in [5.41, 5.74) is 2.69. The summed E-state index contributed by atoms with van der Waals surface area (Å²) in [5, 5.41) is 2.48. The molecule has 1 aliphatic carbocycles. The molecule has 0 bridgehead atoms. The second kappa shape index (κ2) is 3.59. The van der Waals surface area contributed by atoms with Crippen molar-refractivity contribution in [1.29, 1.82) is 0 Å². The zero-order valence-corrected chi connectivity index (χ0v) is 10.7. The van der Waals surface area contributed by atoms with E-state index >= 15 is 0 Å². The first-order valence-electron chi connectivity index (χ1n) is 6.91. The third kappa shape index (κ3) is 1.52. The molecule has 2 aliphatic heterocycles. The Balaban J connectivity index is 1.73. The number of carbonyl (C=O) groups excluding carboxylic acids is 2. The number of carbonyl (C=O) groups is 2. The number of nitrogens with one attached hydrogen (secondary N) is 1. The first-order chi connectivity index (χ1) is 9.20. The Labute approximate surface area is 111 Å². The number of hydrogen-bond donors (Lipinski definition) is 1. The topological polar surface area (TPSA) is 49.4 Å². The number of fused-ring (bicyclic) bond motifs is 1. The van der Waals surface area contributed by atoms with Crippen molar-refractivity contribution in [2.45, 2.75) is 43.7 Å². The SMILES string of the molecule is O=C1CCC(N2c3ccccc3CC23CC3)C(=O)N1. The molecule has 1 aromatic carbocycles. The Morgan fingerprint density at radius 2 is 2.00 bits per heavy atom. The summed E-state index contributed by atoms with van der Waals surface area (Å²) in [6.07, 6.45) is 4.44. The minimum Gasteiger partial charge on any atom is -0.353 e. The first kappa shape index (κ1) is 11.0. The predicted molar refractivity (Wildman–Crippen MR) is 70.8 cm³/mol. The Kier molecular flexibility index (Phi) is 2.08. The van der Waals surface area contributed by atoms with Gasteiger partial charge >= 0.3 is 0 Å². The van der Waals surface area contributed by atoms with E-state index in [1.807, 2.05) is 6.07 Å². The molecule has 1 atom stereocenters. The van der Waals surface area contributed by atoms with Gasteiger partial charge in [-0.2, -0.15) is 0 Å². The molecule has 0 aromatic heterocycles. The third-order valence-electron chi connectivity index (χ3n) is 4.63. The maximum Gasteiger partial charge on any atom is 0.249 e. The third-order valence-corrected chi connectivity index (χ3v) is 4.63. The monoisotopic (exact) mass is 256 g/mol. The van der Waals surface area contributed by atoms with Gasteiger partial charge in [0.15, 0.2) is 0 Å². The number of benzene rings is 1. The molecule has 1 N–H and O–H groups in total. The fourth-order valence-corrected chi connectivity index (χ4v) is 3.58. The van der Waals surface area contributed by atoms with E-state index in [0.29, 0.717) is 12.8 Å². The van der Waals surface area contributed by atoms with E-state index in [1.54, 1.807) is 0 Å². The molecule has 1 saturated carbocycles. The van der Waals surface area contributed by atoms with E-state index in [2.05, 4.69) is 28.4 Å². The zero-order valence-electron chi connectivity index (χ0n) is 10.7. The van der Waals surface area contributed by atoms with Gasteiger partial charge in [0.1, 0.15) is 6.04 Å². The van der Waals surface area contributed by atoms with Crippen molar-refractivity contribution in [3.8, 4) is 0 Å². The minimum absolute atomic E-state index is 0.126. The molecule has 3 aliphatic rings. The Morgan fingerprint density at radius 1 is 1.21 bits per heavy atom. The van der Waals surface area contributed by atoms with Crippen LogP contribution in [0.3, 0.4) is 0 Å². The van der Waals surface area contributed by atoms with Gasteiger partial charge in [-0.3, -0.25) is 14.9 Å². The molecule has 1 saturated heterocycles. The number of imide groups is 1. The predicted octanol–water partition coefficient (Wildman–Crippen LogP) is 1.39. The summed E-state index contributed by atoms with van der Waals surface area (Å²) in [6, 6.07) is 8.17. The number of amides is 2. The highest BCUT2D eigenvalue weighted by Crippen LogP contribution is 2.54. The molecule has 2 fully saturated rings. The van der Waals surface area contributed by atoms with Crippen molar-refractivity contribution in [3.63, 3.8) is 0 Å². The summed E-state index contributed by atoms with van der Waals surface area (Å²) in [6.45, 7) is 0. The molecule has 2 heterocycles. The molecule has 4 rings (SSSR count). The van der Waals surface area contributed by atoms with Crippen molar-refractivity contribution >= 4 is 17.5 Å². The molecule has 98 valence electrons. The van der Waals surface area contributed by atoms with Gasteiger partial charge in [0.2, 0.25) is 11.8 Å². The van der Waals surface area contributed by atoms with E-state index in [0.717, 1.165) is 19.3 Å². The highest BCUT2D eigenvalue weighted by Gasteiger charge is 2.56. The smallest absolute Gasteiger partial charge is 0.249 e. The Morgan fingerprint density at radius 3 is 2.74 bits per heavy atom. The van der Waals surface area contributed by atoms with Gasteiger partial charge in [-0.05, 0) is 37.3 Å². The number of nitrogens with zero attached hydrogens (tertiary/aromatic N) is 1. The highest BCUT2D eigenvalue weighted by molar-refractivity contribution is 6.02. The zero-order chi connectivity index (χ0) is 13.0. The number of rotatable bonds is 1. The molecule has 4 heteroatoms. The average molecular weight is 256 g/mol. The van der Waals surface area contributed by atoms with Crippen LogP contribution in [0, 0.1) is 0 Å². The van der Waals surface area contributed by atoms with Crippen LogP contribution in [0.15, 0.2) is 24.3 Å². The number of para-hydroxylation sites is 1. The van der Waals surface area contributed by atoms with E-state index in [9.17, 15) is 9.59 Å². The summed E-state index contributed by atoms with van der Waals surface area (Å²) in [7, 11) is 0. The normalized spacial score (nSPS) is 27.4. The largest absolute Gasteiger partial charge is 0.353 e. The van der Waals surface area contributed by atoms with E-state index in [-0.39, 0.29) is 23.4 Å². The van der Waals surface area contributed by atoms with Crippen LogP contribution in [-0.2, 0) is 16.0 Å². The standard InChI is InChI=1S/C15H16N2O2/c18-13-6-5-12(14(19)16-13)17-11-4-2-1-3-10(11)9-15(17)7-8-15/h1-4,12H,5-9H2,(H,16,18,19). The van der Waals surface area contributed by atoms with Crippen molar-refractivity contribution in [1.82, 2.24) is 5.32 Å². The number of anilines is 1. The highest BCUT2D eigenvalue weighted by atomic mass is 16.2. The van der Waals surface area contributed by atoms with Crippen LogP contribution in [0.2, 0.25) is 0 Å². The summed E-state index contributed by atoms with van der Waals surface area (Å²) in [4.78, 5) is 25.7. The minimum atomic E-state index is -0.177. The van der Waals surface area contributed by atoms with Crippen molar-refractivity contribution < 1.29 is 9.59 Å². The number of piperidine rings is 1. The lowest BCUT2D eigenvalue weighted by Gasteiger charge is -2.36. The Bertz CT molecular complexity index is 577. The van der Waals surface area contributed by atoms with Crippen LogP contribution >= 0.6 is 0 Å². The molecule has 1 spiro atoms. The van der Waals surface area contributed by atoms with Crippen LogP contribution in [0.1, 0.15) is 31.2 Å². The van der Waals surface area contributed by atoms with Gasteiger partial charge in [0.05, 0.1) is 0 Å². The first-order valence-corrected chi connectivity index (χ1v) is 6.91. The van der Waals surface area contributed by atoms with Crippen LogP contribution in [-0.4, -0.2) is 23.4 Å². The van der Waals surface area contributed by atoms with Gasteiger partial charge < -0.3 is 4.90 Å². The van der Waals surface area contributed by atoms with Crippen molar-refractivity contribution in [2.24, 2.45) is 0 Å². The van der Waals surface area contributed by atoms with Crippen LogP contribution < -0.4 is 10.2 Å². The fourth-order valence-electron chi connectivity index (χ4n) is 3.58. The van der Waals surface area contributed by atoms with Crippen molar-refractivity contribution in [2.75, 3.05) is 4.90 Å². The van der Waals surface area contributed by atoms with Gasteiger partial charge in [-0.15, -0.1) is 0 Å². The lowest BCUT2D eigenvalue weighted by Crippen LogP contribution is -2.55. The maximum absolute atomic E-state index is 12.1. The molecule has 1 aromatic rings. The number of hydrogen-bond acceptors (Lipinski definition) is 3. The lowest BCUT2D eigenvalue weighted by molar-refractivity contribution is -0.134. The van der Waals surface area contributed by atoms with Gasteiger partial charge in [-0.1, -0.05) is 18.2 Å². The summed E-state index contributed by atoms with van der Waals surface area (Å²) >= 11 is 0. The van der Waals surface area contributed by atoms with E-state index in [4.69, 9.17) is 0 Å². The summed E-state index contributed by atoms with van der Waals surface area (Å²) < 4.78 is 0. The molecule has 19 heavy (non-hydrogen) atoms. The van der Waals surface area contributed by atoms with Crippen LogP contribution in [0.5, 0.6) is 0 Å². The molecular formula is C15H16N2O2. The molecule has 0 radical (unpaired) electrons. The maximum atomic E-state index is 12.1. The Hall–Kier alpha value is -1.84. The van der Waals surface area contributed by atoms with Crippen LogP contribution in [0.25, 0.3) is 0 Å². The van der Waals surface area contributed by atoms with Gasteiger partial charge in [0, 0.05) is 17.6 Å². The molecule has 4 nitrogen and oxygen atoms in total. The van der Waals surface area contributed by atoms with Crippen LogP contribution in [0.4, 0.5) is 5.69 Å². The second-order valence-corrected chi connectivity index (χ2v) is 5.87. The van der Waals surface area contributed by atoms with Gasteiger partial charge in [-0.25, -0.2) is 0 Å². The molecule has 2 amide bonds. The fraction of sp³-hybridized carbons (Fsp3) is 0.467. The average Bonchev–Trinajstić information content (AvgIpc) is 3.06. The second-order valence-electron chi connectivity index (χ2n) is 5.87. The van der Waals surface area contributed by atoms with E-state index < -0.39 is 0 Å². The molecular weight excluding hydrogens is 240 g/mol. The summed E-state index contributed by atoms with van der Waals surface area (Å²) in [5.74, 6) is -0.266. The van der Waals surface area contributed by atoms with Crippen molar-refractivity contribution in [3.05, 3.63) is 29.8 Å². The van der Waals surface area contributed by atoms with Gasteiger partial charge in [0.25, 0.3) is 0 Å². The van der Waals surface area contributed by atoms with E-state index in [1.165, 1.54) is 11.3 Å². The quantitative estimate of drug-likeness (QED) is 0.772. The molecule has 1 unspecified atom stereocenters.